The molecule has 9 heteroatoms. The molecule has 0 aliphatic rings. The minimum atomic E-state index is -0.826. The standard InChI is InChI=1S/C24H26N4O2.2ClH.Zr/c1-13-7-15(3)22(29)19(9-13)17(5)27-21-11-25-12-26-24(21)28-18(6)20-10-14(2)8-16(4)23(20)30;;;/h7-12,29-30H,1-6H3;2*1H;/q;;;+2/p-2. The number of hydrogen-bond donors (Lipinski definition) is 2. The van der Waals surface area contributed by atoms with Gasteiger partial charge in [0.25, 0.3) is 0 Å². The van der Waals surface area contributed by atoms with Crippen LogP contribution in [0.5, 0.6) is 11.5 Å². The zero-order valence-corrected chi connectivity index (χ0v) is 23.4. The molecule has 0 spiro atoms. The summed E-state index contributed by atoms with van der Waals surface area (Å²) < 4.78 is 0. The first kappa shape index (κ1) is 27.2. The molecule has 0 aliphatic carbocycles. The van der Waals surface area contributed by atoms with Gasteiger partial charge in [-0.1, -0.05) is 12.1 Å². The first-order valence-corrected chi connectivity index (χ1v) is 16.4. The molecule has 0 amide bonds. The fourth-order valence-corrected chi connectivity index (χ4v) is 3.41. The molecule has 172 valence electrons. The molecule has 0 aliphatic heterocycles. The normalized spacial score (nSPS) is 11.6. The first-order valence-electron chi connectivity index (χ1n) is 10.1. The molecule has 1 aromatic heterocycles. The van der Waals surface area contributed by atoms with Crippen LogP contribution in [0, 0.1) is 27.7 Å². The van der Waals surface area contributed by atoms with E-state index in [4.69, 9.17) is 17.0 Å². The van der Waals surface area contributed by atoms with Crippen LogP contribution >= 0.6 is 17.0 Å². The van der Waals surface area contributed by atoms with Crippen LogP contribution in [-0.4, -0.2) is 31.6 Å². The molecule has 2 aromatic carbocycles. The monoisotopic (exact) mass is 562 g/mol. The third-order valence-corrected chi connectivity index (χ3v) is 4.90. The summed E-state index contributed by atoms with van der Waals surface area (Å²) in [5.74, 6) is 0.807. The Morgan fingerprint density at radius 1 is 0.818 bits per heavy atom. The molecule has 0 unspecified atom stereocenters. The van der Waals surface area contributed by atoms with E-state index < -0.39 is 20.8 Å². The fourth-order valence-electron chi connectivity index (χ4n) is 3.41. The van der Waals surface area contributed by atoms with Crippen LogP contribution in [0.4, 0.5) is 11.5 Å². The molecular formula is C24H26Cl2N4O2Zr. The molecular weight excluding hydrogens is 538 g/mol. The van der Waals surface area contributed by atoms with Crippen molar-refractivity contribution in [1.82, 2.24) is 9.97 Å². The fraction of sp³-hybridized carbons (Fsp3) is 0.250. The Hall–Kier alpha value is -2.08. The Labute approximate surface area is 213 Å². The number of halogens is 2. The quantitative estimate of drug-likeness (QED) is 0.342. The van der Waals surface area contributed by atoms with E-state index in [1.807, 2.05) is 65.8 Å². The Morgan fingerprint density at radius 3 is 1.76 bits per heavy atom. The Morgan fingerprint density at radius 2 is 1.27 bits per heavy atom. The van der Waals surface area contributed by atoms with Crippen molar-refractivity contribution < 1.29 is 31.1 Å². The van der Waals surface area contributed by atoms with Crippen molar-refractivity contribution in [3.8, 4) is 11.5 Å². The second kappa shape index (κ2) is 12.4. The van der Waals surface area contributed by atoms with Crippen LogP contribution in [0.15, 0.2) is 46.8 Å². The number of aliphatic imine (C=N–C) groups is 2. The number of aromatic hydroxyl groups is 2. The molecule has 2 N–H and O–H groups in total. The van der Waals surface area contributed by atoms with Crippen molar-refractivity contribution in [2.24, 2.45) is 9.98 Å². The number of rotatable bonds is 4. The summed E-state index contributed by atoms with van der Waals surface area (Å²) in [5.41, 5.74) is 6.73. The molecule has 3 rings (SSSR count). The van der Waals surface area contributed by atoms with Crippen molar-refractivity contribution in [3.05, 3.63) is 70.2 Å². The van der Waals surface area contributed by atoms with E-state index in [0.717, 1.165) is 22.3 Å². The Balaban J connectivity index is 0.00000122. The third-order valence-electron chi connectivity index (χ3n) is 4.90. The molecule has 0 saturated heterocycles. The summed E-state index contributed by atoms with van der Waals surface area (Å²) in [6.45, 7) is 11.3. The molecule has 0 fully saturated rings. The Bertz CT molecular complexity index is 1120. The van der Waals surface area contributed by atoms with E-state index >= 15 is 0 Å². The van der Waals surface area contributed by atoms with Gasteiger partial charge in [0, 0.05) is 16.8 Å². The Kier molecular flexibility index (Phi) is 10.2. The van der Waals surface area contributed by atoms with Crippen LogP contribution in [0.1, 0.15) is 47.2 Å². The summed E-state index contributed by atoms with van der Waals surface area (Å²) in [6.07, 6.45) is 3.00. The van der Waals surface area contributed by atoms with Gasteiger partial charge in [-0.25, -0.2) is 20.0 Å². The molecule has 0 atom stereocenters. The van der Waals surface area contributed by atoms with Gasteiger partial charge in [-0.15, -0.1) is 0 Å². The maximum atomic E-state index is 10.4. The molecule has 1 heterocycles. The van der Waals surface area contributed by atoms with E-state index in [0.29, 0.717) is 34.1 Å². The van der Waals surface area contributed by atoms with Gasteiger partial charge in [-0.2, -0.15) is 0 Å². The topological polar surface area (TPSA) is 91.0 Å². The third kappa shape index (κ3) is 7.20. The van der Waals surface area contributed by atoms with E-state index in [9.17, 15) is 10.2 Å². The van der Waals surface area contributed by atoms with Crippen molar-refractivity contribution in [2.45, 2.75) is 41.5 Å². The molecule has 3 aromatic rings. The van der Waals surface area contributed by atoms with Crippen molar-refractivity contribution in [3.63, 3.8) is 0 Å². The van der Waals surface area contributed by atoms with Crippen molar-refractivity contribution >= 4 is 40.0 Å². The zero-order chi connectivity index (χ0) is 24.7. The van der Waals surface area contributed by atoms with E-state index in [1.165, 1.54) is 6.33 Å². The summed E-state index contributed by atoms with van der Waals surface area (Å²) in [5, 5.41) is 20.9. The van der Waals surface area contributed by atoms with Gasteiger partial charge in [0.1, 0.15) is 23.5 Å². The zero-order valence-electron chi connectivity index (χ0n) is 19.4. The minimum absolute atomic E-state index is 0.206. The molecule has 0 bridgehead atoms. The molecule has 6 nitrogen and oxygen atoms in total. The summed E-state index contributed by atoms with van der Waals surface area (Å²) in [7, 11) is 9.87. The number of phenolic OH excluding ortho intramolecular Hbond substituents is 2. The second-order valence-corrected chi connectivity index (χ2v) is 11.4. The van der Waals surface area contributed by atoms with Gasteiger partial charge in [-0.3, -0.25) is 0 Å². The van der Waals surface area contributed by atoms with Gasteiger partial charge in [0.2, 0.25) is 0 Å². The average Bonchev–Trinajstić information content (AvgIpc) is 2.75. The van der Waals surface area contributed by atoms with Crippen LogP contribution in [-0.2, 0) is 20.8 Å². The van der Waals surface area contributed by atoms with Crippen LogP contribution < -0.4 is 0 Å². The second-order valence-electron chi connectivity index (χ2n) is 7.65. The van der Waals surface area contributed by atoms with Gasteiger partial charge >= 0.3 is 37.9 Å². The van der Waals surface area contributed by atoms with Crippen LogP contribution in [0.25, 0.3) is 0 Å². The average molecular weight is 565 g/mol. The maximum absolute atomic E-state index is 10.4. The van der Waals surface area contributed by atoms with E-state index in [-0.39, 0.29) is 11.5 Å². The summed E-state index contributed by atoms with van der Waals surface area (Å²) in [6, 6.07) is 7.64. The van der Waals surface area contributed by atoms with Crippen molar-refractivity contribution in [2.75, 3.05) is 0 Å². The van der Waals surface area contributed by atoms with Gasteiger partial charge < -0.3 is 10.2 Å². The van der Waals surface area contributed by atoms with Gasteiger partial charge in [0.15, 0.2) is 5.82 Å². The van der Waals surface area contributed by atoms with Gasteiger partial charge in [0.05, 0.1) is 11.9 Å². The number of nitrogens with zero attached hydrogens (tertiary/aromatic N) is 4. The SMILES string of the molecule is CC(=Nc1cncnc1N=C(C)c1cc(C)cc(C)c1O)c1cc(C)cc(C)c1O.[Cl][Zr][Cl]. The van der Waals surface area contributed by atoms with Crippen molar-refractivity contribution in [1.29, 1.82) is 0 Å². The first-order chi connectivity index (χ1) is 15.6. The predicted octanol–water partition coefficient (Wildman–Crippen LogP) is 6.78. The summed E-state index contributed by atoms with van der Waals surface area (Å²) in [4.78, 5) is 17.6. The number of aromatic nitrogens is 2. The molecule has 33 heavy (non-hydrogen) atoms. The van der Waals surface area contributed by atoms with Crippen LogP contribution in [0.3, 0.4) is 0 Å². The number of phenols is 2. The van der Waals surface area contributed by atoms with E-state index in [2.05, 4.69) is 20.0 Å². The molecule has 0 saturated carbocycles. The van der Waals surface area contributed by atoms with Gasteiger partial charge in [-0.05, 0) is 75.9 Å². The predicted molar refractivity (Wildman–Crippen MR) is 133 cm³/mol. The number of aryl methyl sites for hydroxylation is 4. The number of benzene rings is 2. The molecule has 0 radical (unpaired) electrons. The number of hydrogen-bond acceptors (Lipinski definition) is 6. The van der Waals surface area contributed by atoms with Crippen LogP contribution in [0.2, 0.25) is 0 Å². The van der Waals surface area contributed by atoms with E-state index in [1.54, 1.807) is 6.20 Å². The summed E-state index contributed by atoms with van der Waals surface area (Å²) >= 11 is -0.826.